The van der Waals surface area contributed by atoms with Crippen molar-refractivity contribution in [1.82, 2.24) is 15.5 Å². The zero-order valence-corrected chi connectivity index (χ0v) is 20.8. The minimum atomic E-state index is -0.718. The van der Waals surface area contributed by atoms with Gasteiger partial charge < -0.3 is 29.6 Å². The number of rotatable bonds is 10. The average Bonchev–Trinajstić information content (AvgIpc) is 2.84. The van der Waals surface area contributed by atoms with E-state index >= 15 is 0 Å². The molecule has 2 aliphatic heterocycles. The second kappa shape index (κ2) is 12.6. The van der Waals surface area contributed by atoms with Gasteiger partial charge in [-0.15, -0.1) is 0 Å². The number of nitrogens with zero attached hydrogens (tertiary/aromatic N) is 1. The van der Waals surface area contributed by atoms with Crippen LogP contribution in [0.1, 0.15) is 43.9 Å². The third kappa shape index (κ3) is 6.52. The second-order valence-corrected chi connectivity index (χ2v) is 8.47. The largest absolute Gasteiger partial charge is 0.496 e. The van der Waals surface area contributed by atoms with Crippen LogP contribution in [-0.4, -0.2) is 69.9 Å². The van der Waals surface area contributed by atoms with Gasteiger partial charge in [-0.25, -0.2) is 9.59 Å². The molecule has 10 heteroatoms. The third-order valence-corrected chi connectivity index (χ3v) is 6.09. The second-order valence-electron chi connectivity index (χ2n) is 8.47. The van der Waals surface area contributed by atoms with Crippen molar-refractivity contribution < 1.29 is 33.3 Å². The van der Waals surface area contributed by atoms with Gasteiger partial charge in [0, 0.05) is 31.5 Å². The van der Waals surface area contributed by atoms with Gasteiger partial charge in [0.05, 0.1) is 44.5 Å². The van der Waals surface area contributed by atoms with Crippen molar-refractivity contribution in [3.63, 3.8) is 0 Å². The standard InChI is InChI=1S/C25H35N3O7/c1-5-34-23(29)17-8-7-11-28(13-17)14-19-21(24(30)35-6-2)22(27-25(31)26-19)16-9-10-20(33-4)18(12-16)15-32-3/h9-10,12,17,22H,5-8,11,13-15H2,1-4H3,(H2,26,27,31)/t17-,22-/m1/s1. The molecule has 0 bridgehead atoms. The van der Waals surface area contributed by atoms with E-state index < -0.39 is 18.0 Å². The normalized spacial score (nSPS) is 20.6. The zero-order chi connectivity index (χ0) is 25.4. The molecule has 0 unspecified atom stereocenters. The molecule has 1 aromatic rings. The van der Waals surface area contributed by atoms with Crippen molar-refractivity contribution in [1.29, 1.82) is 0 Å². The van der Waals surface area contributed by atoms with Gasteiger partial charge in [0.2, 0.25) is 0 Å². The molecule has 0 aromatic heterocycles. The van der Waals surface area contributed by atoms with Gasteiger partial charge in [0.1, 0.15) is 5.75 Å². The van der Waals surface area contributed by atoms with Crippen LogP contribution in [0.4, 0.5) is 4.79 Å². The molecule has 192 valence electrons. The number of nitrogens with one attached hydrogen (secondary N) is 2. The molecule has 3 rings (SSSR count). The smallest absolute Gasteiger partial charge is 0.338 e. The summed E-state index contributed by atoms with van der Waals surface area (Å²) in [5.41, 5.74) is 2.29. The average molecular weight is 490 g/mol. The Hall–Kier alpha value is -3.11. The van der Waals surface area contributed by atoms with Gasteiger partial charge in [0.25, 0.3) is 0 Å². The van der Waals surface area contributed by atoms with Gasteiger partial charge >= 0.3 is 18.0 Å². The highest BCUT2D eigenvalue weighted by atomic mass is 16.5. The molecule has 2 N–H and O–H groups in total. The zero-order valence-electron chi connectivity index (χ0n) is 20.8. The molecule has 2 heterocycles. The molecule has 0 spiro atoms. The summed E-state index contributed by atoms with van der Waals surface area (Å²) < 4.78 is 21.3. The van der Waals surface area contributed by atoms with Crippen molar-refractivity contribution in [3.8, 4) is 5.75 Å². The highest BCUT2D eigenvalue weighted by Gasteiger charge is 2.36. The van der Waals surface area contributed by atoms with E-state index in [1.807, 2.05) is 12.1 Å². The highest BCUT2D eigenvalue weighted by Crippen LogP contribution is 2.32. The number of carbonyl (C=O) groups is 3. The molecule has 2 aliphatic rings. The van der Waals surface area contributed by atoms with E-state index in [0.717, 1.165) is 24.9 Å². The van der Waals surface area contributed by atoms with Crippen LogP contribution in [0.25, 0.3) is 0 Å². The van der Waals surface area contributed by atoms with Crippen molar-refractivity contribution in [2.24, 2.45) is 5.92 Å². The molecule has 2 amide bonds. The number of carbonyl (C=O) groups excluding carboxylic acids is 3. The lowest BCUT2D eigenvalue weighted by molar-refractivity contribution is -0.150. The van der Waals surface area contributed by atoms with Crippen LogP contribution in [-0.2, 0) is 30.4 Å². The molecular weight excluding hydrogens is 454 g/mol. The van der Waals surface area contributed by atoms with Gasteiger partial charge in [-0.3, -0.25) is 9.69 Å². The number of hydrogen-bond acceptors (Lipinski definition) is 8. The summed E-state index contributed by atoms with van der Waals surface area (Å²) in [4.78, 5) is 40.1. The van der Waals surface area contributed by atoms with Crippen LogP contribution < -0.4 is 15.4 Å². The molecule has 0 radical (unpaired) electrons. The van der Waals surface area contributed by atoms with E-state index in [9.17, 15) is 14.4 Å². The van der Waals surface area contributed by atoms with Crippen molar-refractivity contribution in [2.75, 3.05) is 47.1 Å². The number of esters is 2. The number of likely N-dealkylation sites (tertiary alicyclic amines) is 1. The van der Waals surface area contributed by atoms with Crippen LogP contribution in [0, 0.1) is 5.92 Å². The number of amides is 2. The molecule has 0 aliphatic carbocycles. The van der Waals surface area contributed by atoms with Crippen molar-refractivity contribution >= 4 is 18.0 Å². The Morgan fingerprint density at radius 3 is 2.60 bits per heavy atom. The van der Waals surface area contributed by atoms with E-state index in [-0.39, 0.29) is 18.5 Å². The van der Waals surface area contributed by atoms with E-state index in [2.05, 4.69) is 15.5 Å². The molecule has 10 nitrogen and oxygen atoms in total. The number of ether oxygens (including phenoxy) is 4. The molecule has 35 heavy (non-hydrogen) atoms. The SMILES string of the molecule is CCOC(=O)C1=C(CN2CCC[C@@H](C(=O)OCC)C2)NC(=O)N[C@@H]1c1ccc(OC)c(COC)c1. The minimum Gasteiger partial charge on any atom is -0.496 e. The maximum absolute atomic E-state index is 13.1. The Labute approximate surface area is 205 Å². The summed E-state index contributed by atoms with van der Waals surface area (Å²) in [7, 11) is 3.16. The summed E-state index contributed by atoms with van der Waals surface area (Å²) in [6.07, 6.45) is 1.57. The fourth-order valence-corrected chi connectivity index (χ4v) is 4.56. The van der Waals surface area contributed by atoms with Gasteiger partial charge in [0.15, 0.2) is 0 Å². The molecule has 1 aromatic carbocycles. The number of methoxy groups -OCH3 is 2. The Morgan fingerprint density at radius 1 is 1.14 bits per heavy atom. The first-order valence-electron chi connectivity index (χ1n) is 11.9. The van der Waals surface area contributed by atoms with Crippen LogP contribution in [0.15, 0.2) is 29.5 Å². The first kappa shape index (κ1) is 26.5. The van der Waals surface area contributed by atoms with E-state index in [0.29, 0.717) is 48.9 Å². The van der Waals surface area contributed by atoms with Crippen molar-refractivity contribution in [2.45, 2.75) is 39.3 Å². The van der Waals surface area contributed by atoms with Crippen LogP contribution >= 0.6 is 0 Å². The maximum atomic E-state index is 13.1. The highest BCUT2D eigenvalue weighted by molar-refractivity contribution is 5.95. The summed E-state index contributed by atoms with van der Waals surface area (Å²) in [5, 5.41) is 5.66. The van der Waals surface area contributed by atoms with E-state index in [1.54, 1.807) is 34.1 Å². The maximum Gasteiger partial charge on any atom is 0.338 e. The molecule has 1 fully saturated rings. The van der Waals surface area contributed by atoms with Gasteiger partial charge in [-0.1, -0.05) is 6.07 Å². The lowest BCUT2D eigenvalue weighted by Gasteiger charge is -2.35. The quantitative estimate of drug-likeness (QED) is 0.481. The predicted molar refractivity (Wildman–Crippen MR) is 128 cm³/mol. The fourth-order valence-electron chi connectivity index (χ4n) is 4.56. The molecular formula is C25H35N3O7. The molecule has 0 saturated carbocycles. The monoisotopic (exact) mass is 489 g/mol. The number of hydrogen-bond donors (Lipinski definition) is 2. The summed E-state index contributed by atoms with van der Waals surface area (Å²) in [6, 6.07) is 4.32. The summed E-state index contributed by atoms with van der Waals surface area (Å²) in [6.45, 7) is 5.90. The first-order chi connectivity index (χ1) is 16.9. The predicted octanol–water partition coefficient (Wildman–Crippen LogP) is 2.29. The summed E-state index contributed by atoms with van der Waals surface area (Å²) in [5.74, 6) is -0.311. The number of urea groups is 1. The Kier molecular flexibility index (Phi) is 9.50. The topological polar surface area (TPSA) is 115 Å². The van der Waals surface area contributed by atoms with Crippen LogP contribution in [0.5, 0.6) is 5.75 Å². The molecule has 2 atom stereocenters. The Balaban J connectivity index is 1.96. The molecule has 1 saturated heterocycles. The first-order valence-corrected chi connectivity index (χ1v) is 11.9. The lowest BCUT2D eigenvalue weighted by atomic mass is 9.92. The minimum absolute atomic E-state index is 0.197. The number of piperidine rings is 1. The van der Waals surface area contributed by atoms with E-state index in [4.69, 9.17) is 18.9 Å². The van der Waals surface area contributed by atoms with E-state index in [1.165, 1.54) is 0 Å². The Bertz CT molecular complexity index is 962. The van der Waals surface area contributed by atoms with Gasteiger partial charge in [-0.05, 0) is 50.9 Å². The Morgan fingerprint density at radius 2 is 1.91 bits per heavy atom. The van der Waals surface area contributed by atoms with Gasteiger partial charge in [-0.2, -0.15) is 0 Å². The summed E-state index contributed by atoms with van der Waals surface area (Å²) >= 11 is 0. The number of benzene rings is 1. The third-order valence-electron chi connectivity index (χ3n) is 6.09. The van der Waals surface area contributed by atoms with Crippen LogP contribution in [0.2, 0.25) is 0 Å². The van der Waals surface area contributed by atoms with Crippen LogP contribution in [0.3, 0.4) is 0 Å². The lowest BCUT2D eigenvalue weighted by Crippen LogP contribution is -2.50. The van der Waals surface area contributed by atoms with Crippen molar-refractivity contribution in [3.05, 3.63) is 40.6 Å². The fraction of sp³-hybridized carbons (Fsp3) is 0.560.